The Bertz CT molecular complexity index is 931. The second kappa shape index (κ2) is 6.42. The second-order valence-electron chi connectivity index (χ2n) is 5.34. The number of aliphatic hydroxyl groups excluding tert-OH is 1. The van der Waals surface area contributed by atoms with Crippen LogP contribution in [0.15, 0.2) is 47.3 Å². The minimum absolute atomic E-state index is 0.152. The van der Waals surface area contributed by atoms with E-state index in [1.165, 1.54) is 4.80 Å². The number of hydrogen-bond donors (Lipinski definition) is 2. The number of H-pyrrole nitrogens is 1. The first-order valence-corrected chi connectivity index (χ1v) is 8.41. The number of hydrogen-bond acceptors (Lipinski definition) is 6. The number of ether oxygens (including phenoxy) is 1. The maximum absolute atomic E-state index is 10.2. The lowest BCUT2D eigenvalue weighted by Crippen LogP contribution is -2.25. The molecule has 1 atom stereocenters. The molecule has 0 fully saturated rings. The summed E-state index contributed by atoms with van der Waals surface area (Å²) in [6.07, 6.45) is 1.13. The van der Waals surface area contributed by atoms with Crippen LogP contribution in [0.25, 0.3) is 22.3 Å². The Balaban J connectivity index is 1.38. The van der Waals surface area contributed by atoms with Crippen LogP contribution in [0, 0.1) is 0 Å². The van der Waals surface area contributed by atoms with Crippen LogP contribution in [0.3, 0.4) is 0 Å². The van der Waals surface area contributed by atoms with Gasteiger partial charge in [0.15, 0.2) is 0 Å². The summed E-state index contributed by atoms with van der Waals surface area (Å²) >= 11 is 1.58. The lowest BCUT2D eigenvalue weighted by molar-refractivity contribution is 0.0857. The SMILES string of the molecule is OC(COc1cccc2[nH]ccc12)Cn1nnc(-c2ccsc2)n1. The minimum Gasteiger partial charge on any atom is -0.490 e. The number of aromatic nitrogens is 5. The molecule has 4 rings (SSSR count). The molecule has 1 unspecified atom stereocenters. The van der Waals surface area contributed by atoms with Gasteiger partial charge >= 0.3 is 0 Å². The minimum atomic E-state index is -0.733. The van der Waals surface area contributed by atoms with Crippen molar-refractivity contribution in [1.82, 2.24) is 25.2 Å². The average Bonchev–Trinajstić information content (AvgIpc) is 3.32. The largest absolute Gasteiger partial charge is 0.490 e. The third kappa shape index (κ3) is 3.01. The van der Waals surface area contributed by atoms with E-state index in [4.69, 9.17) is 4.74 Å². The van der Waals surface area contributed by atoms with E-state index in [-0.39, 0.29) is 13.2 Å². The maximum Gasteiger partial charge on any atom is 0.205 e. The van der Waals surface area contributed by atoms with Gasteiger partial charge < -0.3 is 14.8 Å². The summed E-state index contributed by atoms with van der Waals surface area (Å²) in [6, 6.07) is 9.65. The number of nitrogens with zero attached hydrogens (tertiary/aromatic N) is 4. The fourth-order valence-electron chi connectivity index (χ4n) is 2.44. The van der Waals surface area contributed by atoms with E-state index in [1.807, 2.05) is 47.3 Å². The Labute approximate surface area is 141 Å². The first kappa shape index (κ1) is 14.9. The van der Waals surface area contributed by atoms with Gasteiger partial charge in [-0.3, -0.25) is 0 Å². The number of rotatable bonds is 6. The molecule has 0 saturated carbocycles. The van der Waals surface area contributed by atoms with Crippen molar-refractivity contribution < 1.29 is 9.84 Å². The molecule has 122 valence electrons. The van der Waals surface area contributed by atoms with Crippen LogP contribution < -0.4 is 4.74 Å². The Morgan fingerprint density at radius 3 is 3.12 bits per heavy atom. The number of thiophene rings is 1. The highest BCUT2D eigenvalue weighted by molar-refractivity contribution is 7.08. The molecular formula is C16H15N5O2S. The first-order valence-electron chi connectivity index (χ1n) is 7.47. The Morgan fingerprint density at radius 1 is 1.29 bits per heavy atom. The van der Waals surface area contributed by atoms with Crippen molar-refractivity contribution in [3.63, 3.8) is 0 Å². The number of nitrogens with one attached hydrogen (secondary N) is 1. The molecule has 1 aromatic carbocycles. The molecule has 0 radical (unpaired) electrons. The summed E-state index contributed by atoms with van der Waals surface area (Å²) in [6.45, 7) is 0.375. The zero-order valence-electron chi connectivity index (χ0n) is 12.7. The van der Waals surface area contributed by atoms with E-state index in [0.717, 1.165) is 22.2 Å². The molecule has 2 N–H and O–H groups in total. The molecule has 4 aromatic rings. The third-order valence-electron chi connectivity index (χ3n) is 3.59. The average molecular weight is 341 g/mol. The predicted octanol–water partition coefficient (Wildman–Crippen LogP) is 2.32. The zero-order valence-corrected chi connectivity index (χ0v) is 13.5. The van der Waals surface area contributed by atoms with Crippen molar-refractivity contribution >= 4 is 22.2 Å². The summed E-state index contributed by atoms with van der Waals surface area (Å²) in [7, 11) is 0. The topological polar surface area (TPSA) is 88.9 Å². The van der Waals surface area contributed by atoms with Crippen LogP contribution in [0.2, 0.25) is 0 Å². The highest BCUT2D eigenvalue weighted by Crippen LogP contribution is 2.24. The van der Waals surface area contributed by atoms with Gasteiger partial charge in [-0.2, -0.15) is 16.1 Å². The van der Waals surface area contributed by atoms with Gasteiger partial charge in [-0.25, -0.2) is 0 Å². The lowest BCUT2D eigenvalue weighted by Gasteiger charge is -2.12. The normalized spacial score (nSPS) is 12.5. The molecule has 0 aliphatic heterocycles. The van der Waals surface area contributed by atoms with Crippen molar-refractivity contribution in [2.24, 2.45) is 0 Å². The summed E-state index contributed by atoms with van der Waals surface area (Å²) in [4.78, 5) is 4.52. The fourth-order valence-corrected chi connectivity index (χ4v) is 3.07. The Kier molecular flexibility index (Phi) is 3.97. The molecule has 0 spiro atoms. The van der Waals surface area contributed by atoms with Crippen LogP contribution in [0.1, 0.15) is 0 Å². The number of fused-ring (bicyclic) bond motifs is 1. The quantitative estimate of drug-likeness (QED) is 0.562. The molecule has 0 saturated heterocycles. The van der Waals surface area contributed by atoms with Gasteiger partial charge in [0.25, 0.3) is 0 Å². The molecular weight excluding hydrogens is 326 g/mol. The van der Waals surface area contributed by atoms with Gasteiger partial charge in [-0.05, 0) is 34.9 Å². The van der Waals surface area contributed by atoms with Crippen molar-refractivity contribution in [2.45, 2.75) is 12.6 Å². The highest BCUT2D eigenvalue weighted by atomic mass is 32.1. The van der Waals surface area contributed by atoms with Crippen molar-refractivity contribution in [3.8, 4) is 17.1 Å². The molecule has 3 heterocycles. The summed E-state index contributed by atoms with van der Waals surface area (Å²) < 4.78 is 5.73. The monoisotopic (exact) mass is 341 g/mol. The number of benzene rings is 1. The van der Waals surface area contributed by atoms with Crippen LogP contribution >= 0.6 is 11.3 Å². The first-order chi connectivity index (χ1) is 11.8. The lowest BCUT2D eigenvalue weighted by atomic mass is 10.2. The van der Waals surface area contributed by atoms with Crippen LogP contribution in [0.5, 0.6) is 5.75 Å². The second-order valence-corrected chi connectivity index (χ2v) is 6.12. The fraction of sp³-hybridized carbons (Fsp3) is 0.188. The summed E-state index contributed by atoms with van der Waals surface area (Å²) in [5, 5.41) is 27.3. The van der Waals surface area contributed by atoms with Gasteiger partial charge in [0.05, 0.1) is 6.54 Å². The van der Waals surface area contributed by atoms with Crippen LogP contribution in [0.4, 0.5) is 0 Å². The van der Waals surface area contributed by atoms with Gasteiger partial charge in [0, 0.05) is 28.0 Å². The van der Waals surface area contributed by atoms with Crippen molar-refractivity contribution in [2.75, 3.05) is 6.61 Å². The van der Waals surface area contributed by atoms with Gasteiger partial charge in [0.2, 0.25) is 5.82 Å². The van der Waals surface area contributed by atoms with Crippen LogP contribution in [-0.2, 0) is 6.54 Å². The summed E-state index contributed by atoms with van der Waals surface area (Å²) in [5.74, 6) is 1.29. The smallest absolute Gasteiger partial charge is 0.205 e. The number of aromatic amines is 1. The van der Waals surface area contributed by atoms with Crippen LogP contribution in [-0.4, -0.2) is 43.0 Å². The van der Waals surface area contributed by atoms with Crippen molar-refractivity contribution in [1.29, 1.82) is 0 Å². The van der Waals surface area contributed by atoms with E-state index in [2.05, 4.69) is 20.4 Å². The standard InChI is InChI=1S/C16H15N5O2S/c22-12(8-21-19-16(18-20-21)11-5-7-24-10-11)9-23-15-3-1-2-14-13(15)4-6-17-14/h1-7,10,12,17,22H,8-9H2. The molecule has 7 nitrogen and oxygen atoms in total. The van der Waals surface area contributed by atoms with Gasteiger partial charge in [0.1, 0.15) is 18.5 Å². The molecule has 0 bridgehead atoms. The van der Waals surface area contributed by atoms with E-state index in [1.54, 1.807) is 11.3 Å². The predicted molar refractivity (Wildman–Crippen MR) is 90.9 cm³/mol. The van der Waals surface area contributed by atoms with Gasteiger partial charge in [-0.15, -0.1) is 10.2 Å². The van der Waals surface area contributed by atoms with E-state index < -0.39 is 6.10 Å². The van der Waals surface area contributed by atoms with E-state index in [9.17, 15) is 5.11 Å². The van der Waals surface area contributed by atoms with E-state index >= 15 is 0 Å². The molecule has 0 aliphatic carbocycles. The number of aliphatic hydroxyl groups is 1. The molecule has 24 heavy (non-hydrogen) atoms. The van der Waals surface area contributed by atoms with Gasteiger partial charge in [-0.1, -0.05) is 6.07 Å². The Hall–Kier alpha value is -2.71. The van der Waals surface area contributed by atoms with E-state index in [0.29, 0.717) is 5.82 Å². The number of tetrazole rings is 1. The molecule has 0 amide bonds. The zero-order chi connectivity index (χ0) is 16.4. The Morgan fingerprint density at radius 2 is 2.25 bits per heavy atom. The molecule has 3 aromatic heterocycles. The summed E-state index contributed by atoms with van der Waals surface area (Å²) in [5.41, 5.74) is 1.93. The molecule has 8 heteroatoms. The van der Waals surface area contributed by atoms with Crippen molar-refractivity contribution in [3.05, 3.63) is 47.3 Å². The maximum atomic E-state index is 10.2. The highest BCUT2D eigenvalue weighted by Gasteiger charge is 2.12. The third-order valence-corrected chi connectivity index (χ3v) is 4.28. The molecule has 0 aliphatic rings.